The first-order valence-electron chi connectivity index (χ1n) is 9.44. The summed E-state index contributed by atoms with van der Waals surface area (Å²) < 4.78 is 11.7. The Hall–Kier alpha value is -2.64. The van der Waals surface area contributed by atoms with Crippen LogP contribution < -0.4 is 5.73 Å². The Bertz CT molecular complexity index is 929. The van der Waals surface area contributed by atoms with Crippen LogP contribution in [0.25, 0.3) is 17.0 Å². The summed E-state index contributed by atoms with van der Waals surface area (Å²) in [5.74, 6) is -0.535. The third kappa shape index (κ3) is 5.92. The number of carbonyl (C=O) groups is 2. The molecule has 1 heterocycles. The van der Waals surface area contributed by atoms with Gasteiger partial charge in [-0.1, -0.05) is 24.3 Å². The fraction of sp³-hybridized carbons (Fsp3) is 0.455. The Kier molecular flexibility index (Phi) is 6.55. The summed E-state index contributed by atoms with van der Waals surface area (Å²) >= 11 is 0. The molecule has 0 saturated carbocycles. The molecule has 0 aliphatic heterocycles. The number of ether oxygens (including phenoxy) is 2. The maximum absolute atomic E-state index is 12.8. The van der Waals surface area contributed by atoms with Crippen LogP contribution in [0.4, 0.5) is 4.79 Å². The van der Waals surface area contributed by atoms with Crippen molar-refractivity contribution in [2.75, 3.05) is 7.11 Å². The average Bonchev–Trinajstić information content (AvgIpc) is 2.96. The number of hydrogen-bond donors (Lipinski definition) is 2. The predicted octanol–water partition coefficient (Wildman–Crippen LogP) is 3.25. The number of nitrogens with zero attached hydrogens (tertiary/aromatic N) is 1. The highest BCUT2D eigenvalue weighted by Crippen LogP contribution is 2.29. The molecule has 3 N–H and O–H groups in total. The van der Waals surface area contributed by atoms with E-state index >= 15 is 0 Å². The van der Waals surface area contributed by atoms with Crippen molar-refractivity contribution in [2.24, 2.45) is 5.73 Å². The monoisotopic (exact) mass is 402 g/mol. The highest BCUT2D eigenvalue weighted by atomic mass is 16.6. The van der Waals surface area contributed by atoms with Crippen LogP contribution in [0.15, 0.2) is 30.5 Å². The van der Waals surface area contributed by atoms with Crippen molar-refractivity contribution in [2.45, 2.75) is 58.3 Å². The lowest BCUT2D eigenvalue weighted by Gasteiger charge is -2.19. The summed E-state index contributed by atoms with van der Waals surface area (Å²) in [7, 11) is 1.28. The first kappa shape index (κ1) is 22.6. The number of fused-ring (bicyclic) bond motifs is 1. The molecule has 0 unspecified atom stereocenters. The third-order valence-corrected chi connectivity index (χ3v) is 4.14. The van der Waals surface area contributed by atoms with Gasteiger partial charge in [0.1, 0.15) is 11.6 Å². The minimum Gasteiger partial charge on any atom is -0.468 e. The molecule has 2 rings (SSSR count). The zero-order valence-electron chi connectivity index (χ0n) is 17.9. The molecular formula is C22H30N2O5. The average molecular weight is 402 g/mol. The number of hydrogen-bond acceptors (Lipinski definition) is 6. The van der Waals surface area contributed by atoms with Gasteiger partial charge in [0, 0.05) is 18.0 Å². The molecule has 1 atom stereocenters. The van der Waals surface area contributed by atoms with E-state index in [1.54, 1.807) is 59.0 Å². The Balaban J connectivity index is 2.63. The van der Waals surface area contributed by atoms with Crippen LogP contribution in [0.2, 0.25) is 0 Å². The molecule has 7 nitrogen and oxygen atoms in total. The van der Waals surface area contributed by atoms with Crippen molar-refractivity contribution in [1.82, 2.24) is 4.57 Å². The van der Waals surface area contributed by atoms with E-state index in [1.807, 2.05) is 12.1 Å². The molecule has 0 radical (unpaired) electrons. The Morgan fingerprint density at radius 3 is 2.45 bits per heavy atom. The zero-order valence-corrected chi connectivity index (χ0v) is 17.9. The van der Waals surface area contributed by atoms with Gasteiger partial charge < -0.3 is 20.3 Å². The highest BCUT2D eigenvalue weighted by Gasteiger charge is 2.24. The molecule has 7 heteroatoms. The summed E-state index contributed by atoms with van der Waals surface area (Å²) in [6.45, 7) is 8.72. The molecule has 2 aromatic rings. The summed E-state index contributed by atoms with van der Waals surface area (Å²) in [5.41, 5.74) is 6.44. The van der Waals surface area contributed by atoms with E-state index < -0.39 is 29.3 Å². The molecule has 0 bridgehead atoms. The van der Waals surface area contributed by atoms with Crippen molar-refractivity contribution < 1.29 is 24.2 Å². The molecule has 0 aliphatic carbocycles. The number of benzene rings is 1. The van der Waals surface area contributed by atoms with E-state index in [4.69, 9.17) is 15.2 Å². The van der Waals surface area contributed by atoms with Crippen LogP contribution in [0.3, 0.4) is 0 Å². The lowest BCUT2D eigenvalue weighted by atomic mass is 9.99. The van der Waals surface area contributed by atoms with Gasteiger partial charge >= 0.3 is 12.1 Å². The molecule has 0 aliphatic rings. The second-order valence-corrected chi connectivity index (χ2v) is 8.57. The third-order valence-electron chi connectivity index (χ3n) is 4.14. The fourth-order valence-corrected chi connectivity index (χ4v) is 2.92. The Morgan fingerprint density at radius 1 is 1.24 bits per heavy atom. The molecule has 0 spiro atoms. The topological polar surface area (TPSA) is 104 Å². The minimum absolute atomic E-state index is 0.187. The van der Waals surface area contributed by atoms with E-state index in [9.17, 15) is 14.7 Å². The molecule has 1 aromatic heterocycles. The molecule has 0 amide bonds. The van der Waals surface area contributed by atoms with Gasteiger partial charge in [0.25, 0.3) is 0 Å². The summed E-state index contributed by atoms with van der Waals surface area (Å²) in [5, 5.41) is 10.8. The Labute approximate surface area is 171 Å². The number of esters is 1. The van der Waals surface area contributed by atoms with Crippen molar-refractivity contribution in [1.29, 1.82) is 0 Å². The predicted molar refractivity (Wildman–Crippen MR) is 113 cm³/mol. The molecule has 29 heavy (non-hydrogen) atoms. The molecular weight excluding hydrogens is 372 g/mol. The molecule has 0 saturated heterocycles. The lowest BCUT2D eigenvalue weighted by molar-refractivity contribution is -0.142. The summed E-state index contributed by atoms with van der Waals surface area (Å²) in [6.07, 6.45) is 4.75. The SMILES string of the molecule is COC(=O)[C@@H](N)Cc1cn(C(=O)OC(C)(C)C)c2cccc(/C=C/C(C)(C)O)c12. The van der Waals surface area contributed by atoms with E-state index in [0.29, 0.717) is 11.1 Å². The van der Waals surface area contributed by atoms with E-state index in [2.05, 4.69) is 0 Å². The minimum atomic E-state index is -1.00. The number of aliphatic hydroxyl groups is 1. The van der Waals surface area contributed by atoms with Crippen LogP contribution in [0.5, 0.6) is 0 Å². The zero-order chi connectivity index (χ0) is 22.0. The van der Waals surface area contributed by atoms with E-state index in [1.165, 1.54) is 11.7 Å². The van der Waals surface area contributed by atoms with Gasteiger partial charge in [-0.2, -0.15) is 0 Å². The number of rotatable bonds is 5. The van der Waals surface area contributed by atoms with Crippen molar-refractivity contribution >= 4 is 29.0 Å². The van der Waals surface area contributed by atoms with Crippen LogP contribution in [-0.2, 0) is 20.7 Å². The van der Waals surface area contributed by atoms with Crippen molar-refractivity contribution in [3.05, 3.63) is 41.6 Å². The number of nitrogens with two attached hydrogens (primary N) is 1. The molecule has 0 fully saturated rings. The van der Waals surface area contributed by atoms with Gasteiger partial charge in [-0.05, 0) is 51.8 Å². The van der Waals surface area contributed by atoms with E-state index in [0.717, 1.165) is 10.9 Å². The van der Waals surface area contributed by atoms with Gasteiger partial charge in [-0.3, -0.25) is 9.36 Å². The normalized spacial score (nSPS) is 13.7. The quantitative estimate of drug-likeness (QED) is 0.744. The lowest BCUT2D eigenvalue weighted by Crippen LogP contribution is -2.33. The van der Waals surface area contributed by atoms with Gasteiger partial charge in [0.15, 0.2) is 0 Å². The van der Waals surface area contributed by atoms with Gasteiger partial charge in [-0.25, -0.2) is 4.79 Å². The second kappa shape index (κ2) is 8.39. The summed E-state index contributed by atoms with van der Waals surface area (Å²) in [4.78, 5) is 24.6. The van der Waals surface area contributed by atoms with Crippen LogP contribution >= 0.6 is 0 Å². The van der Waals surface area contributed by atoms with Crippen molar-refractivity contribution in [3.63, 3.8) is 0 Å². The number of methoxy groups -OCH3 is 1. The smallest absolute Gasteiger partial charge is 0.419 e. The van der Waals surface area contributed by atoms with Gasteiger partial charge in [0.2, 0.25) is 0 Å². The molecule has 1 aromatic carbocycles. The summed E-state index contributed by atoms with van der Waals surface area (Å²) in [6, 6.07) is 4.62. The van der Waals surface area contributed by atoms with Crippen molar-refractivity contribution in [3.8, 4) is 0 Å². The Morgan fingerprint density at radius 2 is 1.90 bits per heavy atom. The van der Waals surface area contributed by atoms with Gasteiger partial charge in [0.05, 0.1) is 18.2 Å². The van der Waals surface area contributed by atoms with Crippen LogP contribution in [0, 0.1) is 0 Å². The van der Waals surface area contributed by atoms with Gasteiger partial charge in [-0.15, -0.1) is 0 Å². The second-order valence-electron chi connectivity index (χ2n) is 8.57. The number of aromatic nitrogens is 1. The van der Waals surface area contributed by atoms with E-state index in [-0.39, 0.29) is 6.42 Å². The number of carbonyl (C=O) groups excluding carboxylic acids is 2. The standard InChI is InChI=1S/C22H30N2O5/c1-21(2,3)29-20(26)24-13-15(12-16(23)19(25)28-6)18-14(8-7-9-17(18)24)10-11-22(4,5)27/h7-11,13,16,27H,12,23H2,1-6H3/b11-10+/t16-/m0/s1. The van der Waals surface area contributed by atoms with Crippen LogP contribution in [-0.4, -0.2) is 46.1 Å². The largest absolute Gasteiger partial charge is 0.468 e. The first-order chi connectivity index (χ1) is 13.3. The highest BCUT2D eigenvalue weighted by molar-refractivity contribution is 5.97. The molecule has 158 valence electrons. The maximum atomic E-state index is 12.8. The first-order valence-corrected chi connectivity index (χ1v) is 9.44. The van der Waals surface area contributed by atoms with Crippen LogP contribution in [0.1, 0.15) is 45.7 Å². The maximum Gasteiger partial charge on any atom is 0.419 e. The fourth-order valence-electron chi connectivity index (χ4n) is 2.92.